The molecule has 0 aliphatic carbocycles. The summed E-state index contributed by atoms with van der Waals surface area (Å²) in [5.74, 6) is -1.74. The zero-order valence-electron chi connectivity index (χ0n) is 17.6. The minimum atomic E-state index is -0.853. The maximum absolute atomic E-state index is 13.5. The average molecular weight is 439 g/mol. The van der Waals surface area contributed by atoms with Crippen LogP contribution >= 0.6 is 0 Å². The van der Waals surface area contributed by atoms with Crippen molar-refractivity contribution in [3.05, 3.63) is 113 Å². The number of hydrogen-bond donors (Lipinski definition) is 2. The molecule has 3 aromatic carbocycles. The molecular formula is C27H21NO5. The van der Waals surface area contributed by atoms with Gasteiger partial charge in [0.15, 0.2) is 11.5 Å². The van der Waals surface area contributed by atoms with Crippen molar-refractivity contribution >= 4 is 22.7 Å². The standard InChI is InChI=1S/C27H21NO5/c29-20-11-6-10-19(15-20)24-23(25(30)22-16-18-9-4-5-12-21(18)33-22)26(31)27(32)28(24)14-13-17-7-2-1-3-8-17/h1-12,15-16,24,29,31H,13-14H2. The first-order chi connectivity index (χ1) is 16.0. The molecule has 1 atom stereocenters. The minimum absolute atomic E-state index is 0.00452. The normalized spacial score (nSPS) is 16.1. The van der Waals surface area contributed by atoms with Crippen molar-refractivity contribution in [1.29, 1.82) is 0 Å². The number of ketones is 1. The summed E-state index contributed by atoms with van der Waals surface area (Å²) < 4.78 is 5.72. The van der Waals surface area contributed by atoms with Crippen LogP contribution in [0.1, 0.15) is 27.7 Å². The smallest absolute Gasteiger partial charge is 0.290 e. The van der Waals surface area contributed by atoms with E-state index >= 15 is 0 Å². The molecule has 164 valence electrons. The van der Waals surface area contributed by atoms with Crippen LogP contribution in [0.25, 0.3) is 11.0 Å². The van der Waals surface area contributed by atoms with Gasteiger partial charge in [-0.3, -0.25) is 9.59 Å². The highest BCUT2D eigenvalue weighted by Crippen LogP contribution is 2.40. The fourth-order valence-corrected chi connectivity index (χ4v) is 4.28. The maximum atomic E-state index is 13.5. The van der Waals surface area contributed by atoms with Crippen LogP contribution in [-0.4, -0.2) is 33.3 Å². The summed E-state index contributed by atoms with van der Waals surface area (Å²) in [4.78, 5) is 28.1. The predicted octanol–water partition coefficient (Wildman–Crippen LogP) is 4.96. The van der Waals surface area contributed by atoms with Crippen LogP contribution in [0, 0.1) is 0 Å². The number of hydrogen-bond acceptors (Lipinski definition) is 5. The lowest BCUT2D eigenvalue weighted by Gasteiger charge is -2.26. The summed E-state index contributed by atoms with van der Waals surface area (Å²) in [5.41, 5.74) is 2.04. The monoisotopic (exact) mass is 439 g/mol. The molecule has 33 heavy (non-hydrogen) atoms. The fraction of sp³-hybridized carbons (Fsp3) is 0.111. The van der Waals surface area contributed by atoms with E-state index in [9.17, 15) is 19.8 Å². The van der Waals surface area contributed by atoms with Crippen LogP contribution < -0.4 is 0 Å². The van der Waals surface area contributed by atoms with E-state index in [4.69, 9.17) is 4.42 Å². The number of para-hydroxylation sites is 1. The number of furan rings is 1. The third-order valence-corrected chi connectivity index (χ3v) is 5.87. The molecule has 1 aromatic heterocycles. The number of fused-ring (bicyclic) bond motifs is 1. The first-order valence-corrected chi connectivity index (χ1v) is 10.6. The average Bonchev–Trinajstić information content (AvgIpc) is 3.37. The van der Waals surface area contributed by atoms with Gasteiger partial charge in [0, 0.05) is 11.9 Å². The topological polar surface area (TPSA) is 91.0 Å². The second kappa shape index (κ2) is 8.31. The van der Waals surface area contributed by atoms with E-state index in [0.29, 0.717) is 17.6 Å². The SMILES string of the molecule is O=C(C1=C(O)C(=O)N(CCc2ccccc2)C1c1cccc(O)c1)c1cc2ccccc2o1. The number of carbonyl (C=O) groups is 2. The number of amides is 1. The molecule has 4 aromatic rings. The van der Waals surface area contributed by atoms with Crippen LogP contribution in [0.5, 0.6) is 5.75 Å². The Hall–Kier alpha value is -4.32. The molecule has 0 spiro atoms. The third kappa shape index (κ3) is 3.76. The molecule has 0 fully saturated rings. The summed E-state index contributed by atoms with van der Waals surface area (Å²) >= 11 is 0. The molecule has 0 radical (unpaired) electrons. The van der Waals surface area contributed by atoms with Crippen molar-refractivity contribution in [3.63, 3.8) is 0 Å². The Morgan fingerprint density at radius 2 is 1.67 bits per heavy atom. The van der Waals surface area contributed by atoms with E-state index in [1.807, 2.05) is 42.5 Å². The minimum Gasteiger partial charge on any atom is -0.508 e. The second-order valence-electron chi connectivity index (χ2n) is 7.97. The molecule has 0 saturated carbocycles. The van der Waals surface area contributed by atoms with Crippen LogP contribution in [0.15, 0.2) is 101 Å². The fourth-order valence-electron chi connectivity index (χ4n) is 4.28. The number of carbonyl (C=O) groups excluding carboxylic acids is 2. The molecule has 1 amide bonds. The molecule has 0 bridgehead atoms. The molecule has 1 aliphatic rings. The van der Waals surface area contributed by atoms with E-state index in [1.165, 1.54) is 17.0 Å². The molecule has 6 heteroatoms. The van der Waals surface area contributed by atoms with E-state index in [0.717, 1.165) is 10.9 Å². The molecule has 2 heterocycles. The Morgan fingerprint density at radius 1 is 0.909 bits per heavy atom. The van der Waals surface area contributed by atoms with Gasteiger partial charge in [-0.15, -0.1) is 0 Å². The van der Waals surface area contributed by atoms with Gasteiger partial charge in [0.05, 0.1) is 11.6 Å². The predicted molar refractivity (Wildman–Crippen MR) is 123 cm³/mol. The zero-order chi connectivity index (χ0) is 22.9. The van der Waals surface area contributed by atoms with Crippen LogP contribution in [0.2, 0.25) is 0 Å². The number of aliphatic hydroxyl groups excluding tert-OH is 1. The first-order valence-electron chi connectivity index (χ1n) is 10.6. The molecular weight excluding hydrogens is 418 g/mol. The number of phenols is 1. The van der Waals surface area contributed by atoms with Crippen molar-refractivity contribution in [3.8, 4) is 5.75 Å². The van der Waals surface area contributed by atoms with Gasteiger partial charge in [0.1, 0.15) is 11.3 Å². The summed E-state index contributed by atoms with van der Waals surface area (Å²) in [7, 11) is 0. The second-order valence-corrected chi connectivity index (χ2v) is 7.97. The Bertz CT molecular complexity index is 1350. The largest absolute Gasteiger partial charge is 0.508 e. The van der Waals surface area contributed by atoms with Crippen molar-refractivity contribution < 1.29 is 24.2 Å². The van der Waals surface area contributed by atoms with Gasteiger partial charge >= 0.3 is 0 Å². The molecule has 0 saturated heterocycles. The van der Waals surface area contributed by atoms with Gasteiger partial charge in [0.2, 0.25) is 5.78 Å². The number of phenolic OH excluding ortho intramolecular Hbond substituents is 1. The molecule has 2 N–H and O–H groups in total. The van der Waals surface area contributed by atoms with Crippen LogP contribution in [-0.2, 0) is 11.2 Å². The molecule has 5 rings (SSSR count). The molecule has 1 unspecified atom stereocenters. The highest BCUT2D eigenvalue weighted by Gasteiger charge is 2.44. The van der Waals surface area contributed by atoms with Crippen LogP contribution in [0.4, 0.5) is 0 Å². The highest BCUT2D eigenvalue weighted by atomic mass is 16.3. The lowest BCUT2D eigenvalue weighted by molar-refractivity contribution is -0.129. The maximum Gasteiger partial charge on any atom is 0.290 e. The number of aliphatic hydroxyl groups is 1. The van der Waals surface area contributed by atoms with E-state index in [2.05, 4.69) is 0 Å². The summed E-state index contributed by atoms with van der Waals surface area (Å²) in [5, 5.41) is 21.6. The van der Waals surface area contributed by atoms with E-state index in [1.54, 1.807) is 30.3 Å². The Labute approximate surface area is 190 Å². The quantitative estimate of drug-likeness (QED) is 0.415. The summed E-state index contributed by atoms with van der Waals surface area (Å²) in [6.07, 6.45) is 0.543. The molecule has 6 nitrogen and oxygen atoms in total. The Kier molecular flexibility index (Phi) is 5.18. The third-order valence-electron chi connectivity index (χ3n) is 5.87. The number of Topliss-reactive ketones (excluding diaryl/α,β-unsaturated/α-hetero) is 1. The Balaban J connectivity index is 1.55. The zero-order valence-corrected chi connectivity index (χ0v) is 17.6. The van der Waals surface area contributed by atoms with Crippen molar-refractivity contribution in [1.82, 2.24) is 4.90 Å². The number of benzene rings is 3. The lowest BCUT2D eigenvalue weighted by atomic mass is 9.94. The van der Waals surface area contributed by atoms with E-state index in [-0.39, 0.29) is 23.6 Å². The van der Waals surface area contributed by atoms with Gasteiger partial charge in [0.25, 0.3) is 5.91 Å². The van der Waals surface area contributed by atoms with Crippen LogP contribution in [0.3, 0.4) is 0 Å². The van der Waals surface area contributed by atoms with Crippen molar-refractivity contribution in [2.75, 3.05) is 6.54 Å². The van der Waals surface area contributed by atoms with E-state index < -0.39 is 23.5 Å². The van der Waals surface area contributed by atoms with Crippen molar-refractivity contribution in [2.45, 2.75) is 12.5 Å². The van der Waals surface area contributed by atoms with Crippen molar-refractivity contribution in [2.24, 2.45) is 0 Å². The highest BCUT2D eigenvalue weighted by molar-refractivity contribution is 6.16. The van der Waals surface area contributed by atoms with Gasteiger partial charge < -0.3 is 19.5 Å². The van der Waals surface area contributed by atoms with Gasteiger partial charge in [-0.05, 0) is 41.8 Å². The Morgan fingerprint density at radius 3 is 2.42 bits per heavy atom. The van der Waals surface area contributed by atoms with Gasteiger partial charge in [-0.2, -0.15) is 0 Å². The number of aromatic hydroxyl groups is 1. The van der Waals surface area contributed by atoms with Gasteiger partial charge in [-0.25, -0.2) is 0 Å². The summed E-state index contributed by atoms with van der Waals surface area (Å²) in [6, 6.07) is 24.0. The number of nitrogens with zero attached hydrogens (tertiary/aromatic N) is 1. The summed E-state index contributed by atoms with van der Waals surface area (Å²) in [6.45, 7) is 0.282. The lowest BCUT2D eigenvalue weighted by Crippen LogP contribution is -2.33. The first kappa shape index (κ1) is 20.6. The number of rotatable bonds is 6. The molecule has 1 aliphatic heterocycles. The van der Waals surface area contributed by atoms with Gasteiger partial charge in [-0.1, -0.05) is 60.7 Å².